The zero-order valence-corrected chi connectivity index (χ0v) is 9.47. The van der Waals surface area contributed by atoms with E-state index in [1.165, 1.54) is 6.07 Å². The van der Waals surface area contributed by atoms with E-state index < -0.39 is 6.09 Å². The van der Waals surface area contributed by atoms with Crippen LogP contribution in [0.25, 0.3) is 0 Å². The molecule has 0 bridgehead atoms. The van der Waals surface area contributed by atoms with Gasteiger partial charge in [-0.1, -0.05) is 12.1 Å². The van der Waals surface area contributed by atoms with Gasteiger partial charge in [0.25, 0.3) is 0 Å². The Balaban J connectivity index is 2.72. The van der Waals surface area contributed by atoms with Crippen LogP contribution in [0, 0.1) is 0 Å². The molecule has 0 aromatic heterocycles. The van der Waals surface area contributed by atoms with Gasteiger partial charge < -0.3 is 9.64 Å². The van der Waals surface area contributed by atoms with Crippen LogP contribution < -0.4 is 4.74 Å². The second-order valence-corrected chi connectivity index (χ2v) is 3.23. The van der Waals surface area contributed by atoms with E-state index in [2.05, 4.69) is 0 Å². The third-order valence-electron chi connectivity index (χ3n) is 2.22. The van der Waals surface area contributed by atoms with E-state index in [4.69, 9.17) is 4.74 Å². The molecule has 0 saturated carbocycles. The van der Waals surface area contributed by atoms with Crippen molar-refractivity contribution in [2.45, 2.75) is 13.8 Å². The molecule has 0 radical (unpaired) electrons. The molecule has 1 aromatic rings. The Bertz CT molecular complexity index is 372. The molecule has 16 heavy (non-hydrogen) atoms. The van der Waals surface area contributed by atoms with Crippen LogP contribution in [0.2, 0.25) is 0 Å². The lowest BCUT2D eigenvalue weighted by Crippen LogP contribution is -2.33. The van der Waals surface area contributed by atoms with Gasteiger partial charge in [-0.2, -0.15) is 0 Å². The number of ether oxygens (including phenoxy) is 1. The van der Waals surface area contributed by atoms with Crippen molar-refractivity contribution in [1.82, 2.24) is 4.90 Å². The number of benzene rings is 1. The third-order valence-corrected chi connectivity index (χ3v) is 2.22. The number of rotatable bonds is 4. The Hall–Kier alpha value is -1.84. The van der Waals surface area contributed by atoms with Crippen LogP contribution >= 0.6 is 0 Å². The standard InChI is InChI=1S/C12H15NO3/c1-3-13(4-2)12(15)16-11-7-5-6-10(8-11)9-14/h5-9H,3-4H2,1-2H3. The van der Waals surface area contributed by atoms with Gasteiger partial charge in [-0.25, -0.2) is 4.79 Å². The molecule has 1 rings (SSSR count). The Morgan fingerprint density at radius 3 is 2.62 bits per heavy atom. The van der Waals surface area contributed by atoms with Crippen molar-refractivity contribution < 1.29 is 14.3 Å². The smallest absolute Gasteiger partial charge is 0.410 e. The monoisotopic (exact) mass is 221 g/mol. The highest BCUT2D eigenvalue weighted by Gasteiger charge is 2.11. The molecule has 0 unspecified atom stereocenters. The first-order valence-electron chi connectivity index (χ1n) is 5.23. The molecule has 1 aromatic carbocycles. The molecule has 0 N–H and O–H groups in total. The van der Waals surface area contributed by atoms with E-state index in [1.807, 2.05) is 13.8 Å². The quantitative estimate of drug-likeness (QED) is 0.733. The molecule has 0 aliphatic rings. The third kappa shape index (κ3) is 3.08. The number of aldehydes is 1. The number of hydrogen-bond acceptors (Lipinski definition) is 3. The highest BCUT2D eigenvalue weighted by molar-refractivity contribution is 5.76. The number of carbonyl (C=O) groups is 2. The van der Waals surface area contributed by atoms with E-state index in [-0.39, 0.29) is 0 Å². The van der Waals surface area contributed by atoms with Gasteiger partial charge >= 0.3 is 6.09 Å². The van der Waals surface area contributed by atoms with Crippen LogP contribution in [0.15, 0.2) is 24.3 Å². The molecule has 4 heteroatoms. The Kier molecular flexibility index (Phi) is 4.51. The second kappa shape index (κ2) is 5.90. The lowest BCUT2D eigenvalue weighted by Gasteiger charge is -2.17. The van der Waals surface area contributed by atoms with E-state index >= 15 is 0 Å². The predicted molar refractivity (Wildman–Crippen MR) is 60.8 cm³/mol. The molecule has 86 valence electrons. The summed E-state index contributed by atoms with van der Waals surface area (Å²) >= 11 is 0. The lowest BCUT2D eigenvalue weighted by atomic mass is 10.2. The van der Waals surface area contributed by atoms with Crippen LogP contribution in [0.4, 0.5) is 4.79 Å². The molecule has 0 saturated heterocycles. The molecule has 0 atom stereocenters. The number of carbonyl (C=O) groups excluding carboxylic acids is 2. The molecule has 0 fully saturated rings. The fraction of sp³-hybridized carbons (Fsp3) is 0.333. The maximum Gasteiger partial charge on any atom is 0.415 e. The summed E-state index contributed by atoms with van der Waals surface area (Å²) in [6.45, 7) is 4.96. The molecule has 4 nitrogen and oxygen atoms in total. The minimum absolute atomic E-state index is 0.390. The van der Waals surface area contributed by atoms with E-state index in [1.54, 1.807) is 23.1 Å². The SMILES string of the molecule is CCN(CC)C(=O)Oc1cccc(C=O)c1. The summed E-state index contributed by atoms with van der Waals surface area (Å²) in [5.74, 6) is 0.390. The zero-order valence-electron chi connectivity index (χ0n) is 9.47. The van der Waals surface area contributed by atoms with Gasteiger partial charge in [0.2, 0.25) is 0 Å². The van der Waals surface area contributed by atoms with Crippen LogP contribution in [0.3, 0.4) is 0 Å². The van der Waals surface area contributed by atoms with Gasteiger partial charge in [0.1, 0.15) is 12.0 Å². The van der Waals surface area contributed by atoms with Gasteiger partial charge in [-0.3, -0.25) is 4.79 Å². The predicted octanol–water partition coefficient (Wildman–Crippen LogP) is 2.34. The fourth-order valence-electron chi connectivity index (χ4n) is 1.30. The minimum Gasteiger partial charge on any atom is -0.410 e. The van der Waals surface area contributed by atoms with Gasteiger partial charge in [0.15, 0.2) is 0 Å². The Morgan fingerprint density at radius 2 is 2.06 bits per heavy atom. The zero-order chi connectivity index (χ0) is 12.0. The normalized spacial score (nSPS) is 9.62. The summed E-state index contributed by atoms with van der Waals surface area (Å²) in [6, 6.07) is 6.51. The van der Waals surface area contributed by atoms with E-state index in [0.29, 0.717) is 24.4 Å². The van der Waals surface area contributed by atoms with Crippen molar-refractivity contribution in [3.8, 4) is 5.75 Å². The van der Waals surface area contributed by atoms with Gasteiger partial charge in [-0.15, -0.1) is 0 Å². The van der Waals surface area contributed by atoms with Crippen LogP contribution in [-0.4, -0.2) is 30.4 Å². The molecule has 0 spiro atoms. The highest BCUT2D eigenvalue weighted by atomic mass is 16.6. The first-order valence-corrected chi connectivity index (χ1v) is 5.23. The average Bonchev–Trinajstić information content (AvgIpc) is 2.31. The topological polar surface area (TPSA) is 46.6 Å². The second-order valence-electron chi connectivity index (χ2n) is 3.23. The van der Waals surface area contributed by atoms with Crippen molar-refractivity contribution in [2.75, 3.05) is 13.1 Å². The molecular formula is C12H15NO3. The summed E-state index contributed by atoms with van der Waals surface area (Å²) in [5, 5.41) is 0. The number of hydrogen-bond donors (Lipinski definition) is 0. The van der Waals surface area contributed by atoms with Crippen LogP contribution in [-0.2, 0) is 0 Å². The van der Waals surface area contributed by atoms with E-state index in [0.717, 1.165) is 6.29 Å². The van der Waals surface area contributed by atoms with Crippen molar-refractivity contribution in [3.05, 3.63) is 29.8 Å². The summed E-state index contributed by atoms with van der Waals surface area (Å²) in [7, 11) is 0. The highest BCUT2D eigenvalue weighted by Crippen LogP contribution is 2.13. The van der Waals surface area contributed by atoms with Crippen molar-refractivity contribution in [2.24, 2.45) is 0 Å². The van der Waals surface area contributed by atoms with E-state index in [9.17, 15) is 9.59 Å². The molecule has 0 aliphatic heterocycles. The lowest BCUT2D eigenvalue weighted by molar-refractivity contribution is 0.112. The number of nitrogens with zero attached hydrogens (tertiary/aromatic N) is 1. The summed E-state index contributed by atoms with van der Waals surface area (Å²) in [4.78, 5) is 23.7. The largest absolute Gasteiger partial charge is 0.415 e. The summed E-state index contributed by atoms with van der Waals surface area (Å²) in [5.41, 5.74) is 0.491. The van der Waals surface area contributed by atoms with Crippen molar-refractivity contribution in [3.63, 3.8) is 0 Å². The van der Waals surface area contributed by atoms with Gasteiger partial charge in [-0.05, 0) is 26.0 Å². The van der Waals surface area contributed by atoms with Gasteiger partial charge in [0.05, 0.1) is 0 Å². The van der Waals surface area contributed by atoms with Gasteiger partial charge in [0, 0.05) is 18.7 Å². The fourth-order valence-corrected chi connectivity index (χ4v) is 1.30. The maximum absolute atomic E-state index is 11.6. The van der Waals surface area contributed by atoms with Crippen LogP contribution in [0.5, 0.6) is 5.75 Å². The number of amides is 1. The minimum atomic E-state index is -0.395. The summed E-state index contributed by atoms with van der Waals surface area (Å²) in [6.07, 6.45) is 0.322. The molecule has 1 amide bonds. The van der Waals surface area contributed by atoms with Crippen molar-refractivity contribution in [1.29, 1.82) is 0 Å². The van der Waals surface area contributed by atoms with Crippen molar-refractivity contribution >= 4 is 12.4 Å². The van der Waals surface area contributed by atoms with Crippen LogP contribution in [0.1, 0.15) is 24.2 Å². The first-order chi connectivity index (χ1) is 7.71. The Morgan fingerprint density at radius 1 is 1.38 bits per heavy atom. The first kappa shape index (κ1) is 12.2. The molecule has 0 aliphatic carbocycles. The molecular weight excluding hydrogens is 206 g/mol. The molecule has 0 heterocycles. The Labute approximate surface area is 94.8 Å². The average molecular weight is 221 g/mol. The maximum atomic E-state index is 11.6. The summed E-state index contributed by atoms with van der Waals surface area (Å²) < 4.78 is 5.13.